The maximum atomic E-state index is 13.7. The van der Waals surface area contributed by atoms with E-state index in [0.717, 1.165) is 22.3 Å². The number of nitrogens with one attached hydrogen (secondary N) is 1. The summed E-state index contributed by atoms with van der Waals surface area (Å²) in [5, 5.41) is 4.04. The quantitative estimate of drug-likeness (QED) is 0.749. The van der Waals surface area contributed by atoms with Gasteiger partial charge >= 0.3 is 0 Å². The third kappa shape index (κ3) is 3.04. The van der Waals surface area contributed by atoms with Gasteiger partial charge in [-0.15, -0.1) is 0 Å². The minimum absolute atomic E-state index is 0.107. The van der Waals surface area contributed by atoms with E-state index < -0.39 is 0 Å². The van der Waals surface area contributed by atoms with Gasteiger partial charge in [-0.05, 0) is 43.3 Å². The third-order valence-electron chi connectivity index (χ3n) is 4.13. The SMILES string of the molecule is CC(Nc1nc2ccc(Cl)cc2n1C)c1cc(F)ccc1N(C)C. The molecular formula is C18H20ClFN4. The lowest BCUT2D eigenvalue weighted by molar-refractivity contribution is 0.623. The van der Waals surface area contributed by atoms with Crippen LogP contribution in [0, 0.1) is 5.82 Å². The van der Waals surface area contributed by atoms with Gasteiger partial charge in [-0.1, -0.05) is 11.6 Å². The molecule has 1 aromatic heterocycles. The summed E-state index contributed by atoms with van der Waals surface area (Å²) in [7, 11) is 5.82. The number of anilines is 2. The lowest BCUT2D eigenvalue weighted by Gasteiger charge is -2.23. The Labute approximate surface area is 145 Å². The average Bonchev–Trinajstić information content (AvgIpc) is 2.83. The van der Waals surface area contributed by atoms with Crippen molar-refractivity contribution in [1.82, 2.24) is 9.55 Å². The van der Waals surface area contributed by atoms with Crippen molar-refractivity contribution in [2.75, 3.05) is 24.3 Å². The maximum absolute atomic E-state index is 13.7. The zero-order valence-electron chi connectivity index (χ0n) is 14.1. The molecule has 0 aliphatic rings. The Morgan fingerprint density at radius 3 is 2.67 bits per heavy atom. The molecule has 0 fully saturated rings. The summed E-state index contributed by atoms with van der Waals surface area (Å²) in [6.45, 7) is 1.99. The summed E-state index contributed by atoms with van der Waals surface area (Å²) in [5.74, 6) is 0.467. The number of aryl methyl sites for hydroxylation is 1. The van der Waals surface area contributed by atoms with Crippen LogP contribution in [-0.4, -0.2) is 23.6 Å². The Morgan fingerprint density at radius 2 is 1.96 bits per heavy atom. The van der Waals surface area contributed by atoms with Crippen LogP contribution in [0.2, 0.25) is 5.02 Å². The first kappa shape index (κ1) is 16.6. The van der Waals surface area contributed by atoms with Gasteiger partial charge in [0.25, 0.3) is 0 Å². The zero-order chi connectivity index (χ0) is 17.4. The van der Waals surface area contributed by atoms with E-state index in [0.29, 0.717) is 11.0 Å². The fraction of sp³-hybridized carbons (Fsp3) is 0.278. The molecule has 0 amide bonds. The monoisotopic (exact) mass is 346 g/mol. The molecule has 3 rings (SSSR count). The summed E-state index contributed by atoms with van der Waals surface area (Å²) < 4.78 is 15.7. The summed E-state index contributed by atoms with van der Waals surface area (Å²) in [4.78, 5) is 6.58. The molecule has 2 aromatic carbocycles. The molecule has 0 aliphatic heterocycles. The Balaban J connectivity index is 1.97. The van der Waals surface area contributed by atoms with Crippen LogP contribution >= 0.6 is 11.6 Å². The number of nitrogens with zero attached hydrogens (tertiary/aromatic N) is 3. The van der Waals surface area contributed by atoms with Crippen LogP contribution in [0.1, 0.15) is 18.5 Å². The number of hydrogen-bond acceptors (Lipinski definition) is 3. The summed E-state index contributed by atoms with van der Waals surface area (Å²) in [6.07, 6.45) is 0. The number of imidazole rings is 1. The summed E-state index contributed by atoms with van der Waals surface area (Å²) in [6, 6.07) is 10.3. The second kappa shape index (κ2) is 6.32. The molecule has 6 heteroatoms. The van der Waals surface area contributed by atoms with Crippen molar-refractivity contribution < 1.29 is 4.39 Å². The van der Waals surface area contributed by atoms with E-state index in [2.05, 4.69) is 10.3 Å². The highest BCUT2D eigenvalue weighted by Gasteiger charge is 2.16. The van der Waals surface area contributed by atoms with Crippen LogP contribution in [0.3, 0.4) is 0 Å². The van der Waals surface area contributed by atoms with Crippen molar-refractivity contribution in [3.8, 4) is 0 Å². The van der Waals surface area contributed by atoms with Gasteiger partial charge in [0.1, 0.15) is 5.82 Å². The molecule has 0 bridgehead atoms. The number of hydrogen-bond donors (Lipinski definition) is 1. The molecule has 0 aliphatic carbocycles. The number of rotatable bonds is 4. The van der Waals surface area contributed by atoms with Gasteiger partial charge in [-0.3, -0.25) is 0 Å². The fourth-order valence-electron chi connectivity index (χ4n) is 2.84. The smallest absolute Gasteiger partial charge is 0.204 e. The molecule has 1 unspecified atom stereocenters. The van der Waals surface area contributed by atoms with E-state index in [1.807, 2.05) is 55.7 Å². The van der Waals surface area contributed by atoms with Crippen LogP contribution in [-0.2, 0) is 7.05 Å². The number of halogens is 2. The van der Waals surface area contributed by atoms with Crippen LogP contribution in [0.4, 0.5) is 16.0 Å². The molecule has 0 radical (unpaired) electrons. The van der Waals surface area contributed by atoms with Gasteiger partial charge in [0.2, 0.25) is 5.95 Å². The van der Waals surface area contributed by atoms with E-state index in [1.54, 1.807) is 12.1 Å². The molecular weight excluding hydrogens is 327 g/mol. The first-order chi connectivity index (χ1) is 11.4. The van der Waals surface area contributed by atoms with Crippen molar-refractivity contribution in [2.24, 2.45) is 7.05 Å². The molecule has 126 valence electrons. The number of aromatic nitrogens is 2. The van der Waals surface area contributed by atoms with Gasteiger partial charge in [0, 0.05) is 37.4 Å². The minimum atomic E-state index is -0.249. The van der Waals surface area contributed by atoms with E-state index >= 15 is 0 Å². The predicted molar refractivity (Wildman–Crippen MR) is 98.5 cm³/mol. The van der Waals surface area contributed by atoms with E-state index in [4.69, 9.17) is 11.6 Å². The Morgan fingerprint density at radius 1 is 1.21 bits per heavy atom. The molecule has 1 N–H and O–H groups in total. The normalized spacial score (nSPS) is 12.4. The molecule has 0 saturated carbocycles. The number of fused-ring (bicyclic) bond motifs is 1. The van der Waals surface area contributed by atoms with Crippen molar-refractivity contribution in [3.05, 3.63) is 52.8 Å². The standard InChI is InChI=1S/C18H20ClFN4/c1-11(14-10-13(20)6-8-16(14)23(2)3)21-18-22-15-7-5-12(19)9-17(15)24(18)4/h5-11H,1-4H3,(H,21,22). The molecule has 3 aromatic rings. The average molecular weight is 347 g/mol. The van der Waals surface area contributed by atoms with Crippen molar-refractivity contribution >= 4 is 34.3 Å². The summed E-state index contributed by atoms with van der Waals surface area (Å²) in [5.41, 5.74) is 3.66. The molecule has 0 saturated heterocycles. The highest BCUT2D eigenvalue weighted by Crippen LogP contribution is 2.29. The molecule has 0 spiro atoms. The third-order valence-corrected chi connectivity index (χ3v) is 4.36. The first-order valence-electron chi connectivity index (χ1n) is 7.72. The Hall–Kier alpha value is -2.27. The van der Waals surface area contributed by atoms with Crippen LogP contribution in [0.15, 0.2) is 36.4 Å². The highest BCUT2D eigenvalue weighted by molar-refractivity contribution is 6.31. The van der Waals surface area contributed by atoms with Gasteiger partial charge < -0.3 is 14.8 Å². The topological polar surface area (TPSA) is 33.1 Å². The largest absolute Gasteiger partial charge is 0.377 e. The van der Waals surface area contributed by atoms with Gasteiger partial charge in [-0.25, -0.2) is 9.37 Å². The predicted octanol–water partition coefficient (Wildman–Crippen LogP) is 4.60. The number of benzene rings is 2. The molecule has 4 nitrogen and oxygen atoms in total. The van der Waals surface area contributed by atoms with E-state index in [-0.39, 0.29) is 11.9 Å². The van der Waals surface area contributed by atoms with Crippen LogP contribution in [0.25, 0.3) is 11.0 Å². The Kier molecular flexibility index (Phi) is 4.37. The van der Waals surface area contributed by atoms with Crippen molar-refractivity contribution in [1.29, 1.82) is 0 Å². The van der Waals surface area contributed by atoms with Crippen LogP contribution in [0.5, 0.6) is 0 Å². The van der Waals surface area contributed by atoms with Crippen LogP contribution < -0.4 is 10.2 Å². The van der Waals surface area contributed by atoms with Gasteiger partial charge in [-0.2, -0.15) is 0 Å². The highest BCUT2D eigenvalue weighted by atomic mass is 35.5. The Bertz CT molecular complexity index is 888. The minimum Gasteiger partial charge on any atom is -0.377 e. The van der Waals surface area contributed by atoms with Gasteiger partial charge in [0.15, 0.2) is 0 Å². The second-order valence-corrected chi connectivity index (χ2v) is 6.53. The van der Waals surface area contributed by atoms with Gasteiger partial charge in [0.05, 0.1) is 17.1 Å². The van der Waals surface area contributed by atoms with Crippen molar-refractivity contribution in [2.45, 2.75) is 13.0 Å². The zero-order valence-corrected chi connectivity index (χ0v) is 14.9. The summed E-state index contributed by atoms with van der Waals surface area (Å²) >= 11 is 6.07. The molecule has 1 atom stereocenters. The lowest BCUT2D eigenvalue weighted by Crippen LogP contribution is -2.17. The maximum Gasteiger partial charge on any atom is 0.204 e. The fourth-order valence-corrected chi connectivity index (χ4v) is 3.01. The molecule has 24 heavy (non-hydrogen) atoms. The second-order valence-electron chi connectivity index (χ2n) is 6.09. The lowest BCUT2D eigenvalue weighted by atomic mass is 10.1. The molecule has 1 heterocycles. The van der Waals surface area contributed by atoms with E-state index in [1.165, 1.54) is 6.07 Å². The van der Waals surface area contributed by atoms with Crippen molar-refractivity contribution in [3.63, 3.8) is 0 Å². The van der Waals surface area contributed by atoms with E-state index in [9.17, 15) is 4.39 Å². The first-order valence-corrected chi connectivity index (χ1v) is 8.10.